The van der Waals surface area contributed by atoms with E-state index in [-0.39, 0.29) is 5.92 Å². The van der Waals surface area contributed by atoms with E-state index in [0.717, 1.165) is 12.3 Å². The van der Waals surface area contributed by atoms with Gasteiger partial charge in [0.05, 0.1) is 31.9 Å². The Morgan fingerprint density at radius 3 is 2.17 bits per heavy atom. The second-order valence-electron chi connectivity index (χ2n) is 5.50. The average Bonchev–Trinajstić information content (AvgIpc) is 2.35. The van der Waals surface area contributed by atoms with Gasteiger partial charge in [0.1, 0.15) is 0 Å². The number of nitrogens with zero attached hydrogens (tertiary/aromatic N) is 1. The molecule has 0 N–H and O–H groups in total. The van der Waals surface area contributed by atoms with E-state index in [2.05, 4.69) is 20.8 Å². The third kappa shape index (κ3) is 6.79. The zero-order chi connectivity index (χ0) is 14.0. The molecule has 0 aliphatic rings. The van der Waals surface area contributed by atoms with Crippen LogP contribution in [0, 0.1) is 5.92 Å². The van der Waals surface area contributed by atoms with Gasteiger partial charge >= 0.3 is 0 Å². The van der Waals surface area contributed by atoms with Gasteiger partial charge in [0, 0.05) is 5.92 Å². The molecule has 1 atom stereocenters. The maximum atomic E-state index is 11.6. The quantitative estimate of drug-likeness (QED) is 0.561. The van der Waals surface area contributed by atoms with Gasteiger partial charge in [-0.15, -0.1) is 0 Å². The van der Waals surface area contributed by atoms with Crippen LogP contribution in [0.4, 0.5) is 0 Å². The van der Waals surface area contributed by atoms with Crippen molar-refractivity contribution in [3.05, 3.63) is 0 Å². The van der Waals surface area contributed by atoms with Crippen LogP contribution in [0.1, 0.15) is 53.9 Å². The van der Waals surface area contributed by atoms with Crippen LogP contribution in [0.5, 0.6) is 0 Å². The van der Waals surface area contributed by atoms with E-state index >= 15 is 0 Å². The van der Waals surface area contributed by atoms with Crippen molar-refractivity contribution in [3.63, 3.8) is 0 Å². The molecule has 0 fully saturated rings. The van der Waals surface area contributed by atoms with Crippen LogP contribution in [0.15, 0.2) is 0 Å². The molecule has 0 aliphatic heterocycles. The molecule has 0 saturated heterocycles. The number of hydrogen-bond acceptors (Lipinski definition) is 2. The smallest absolute Gasteiger partial charge is 0.191 e. The summed E-state index contributed by atoms with van der Waals surface area (Å²) in [6.07, 6.45) is 3.80. The van der Waals surface area contributed by atoms with E-state index in [9.17, 15) is 4.79 Å². The fourth-order valence-electron chi connectivity index (χ4n) is 2.28. The van der Waals surface area contributed by atoms with Crippen molar-refractivity contribution in [2.24, 2.45) is 5.92 Å². The Bertz CT molecular complexity index is 231. The summed E-state index contributed by atoms with van der Waals surface area (Å²) in [5.41, 5.74) is 0. The maximum absolute atomic E-state index is 11.6. The second kappa shape index (κ2) is 9.85. The van der Waals surface area contributed by atoms with Gasteiger partial charge in [0.25, 0.3) is 0 Å². The first-order valence-corrected chi connectivity index (χ1v) is 8.51. The van der Waals surface area contributed by atoms with E-state index in [0.29, 0.717) is 5.12 Å². The molecule has 0 aliphatic carbocycles. The fourth-order valence-corrected chi connectivity index (χ4v) is 3.30. The summed E-state index contributed by atoms with van der Waals surface area (Å²) in [7, 11) is 0. The van der Waals surface area contributed by atoms with Gasteiger partial charge in [-0.1, -0.05) is 45.9 Å². The highest BCUT2D eigenvalue weighted by atomic mass is 32.2. The molecular formula is C15H32NOS+. The first-order chi connectivity index (χ1) is 8.51. The highest BCUT2D eigenvalue weighted by molar-refractivity contribution is 8.13. The van der Waals surface area contributed by atoms with E-state index in [1.807, 2.05) is 13.8 Å². The topological polar surface area (TPSA) is 17.1 Å². The molecule has 0 aromatic carbocycles. The van der Waals surface area contributed by atoms with Gasteiger partial charge in [-0.05, 0) is 19.8 Å². The van der Waals surface area contributed by atoms with Crippen LogP contribution >= 0.6 is 11.8 Å². The lowest BCUT2D eigenvalue weighted by molar-refractivity contribution is -0.924. The SMILES string of the molecule is CCCC[N+](CC)(CCC)CCSC(=O)C(C)C. The monoisotopic (exact) mass is 274 g/mol. The normalized spacial score (nSPS) is 14.8. The predicted molar refractivity (Wildman–Crippen MR) is 82.9 cm³/mol. The van der Waals surface area contributed by atoms with Crippen LogP contribution < -0.4 is 0 Å². The zero-order valence-corrected chi connectivity index (χ0v) is 13.8. The molecule has 0 bridgehead atoms. The summed E-state index contributed by atoms with van der Waals surface area (Å²) in [5, 5.41) is 0.344. The minimum atomic E-state index is 0.167. The molecule has 0 heterocycles. The highest BCUT2D eigenvalue weighted by Gasteiger charge is 2.24. The third-order valence-electron chi connectivity index (χ3n) is 3.64. The summed E-state index contributed by atoms with van der Waals surface area (Å²) < 4.78 is 1.20. The Hall–Kier alpha value is -0.0200. The Labute approximate surface area is 118 Å². The van der Waals surface area contributed by atoms with Crippen LogP contribution in [-0.4, -0.2) is 41.5 Å². The lowest BCUT2D eigenvalue weighted by Crippen LogP contribution is -2.50. The number of thioether (sulfide) groups is 1. The number of carbonyl (C=O) groups is 1. The van der Waals surface area contributed by atoms with Gasteiger partial charge in [-0.25, -0.2) is 0 Å². The Kier molecular flexibility index (Phi) is 9.84. The minimum absolute atomic E-state index is 0.167. The number of rotatable bonds is 10. The largest absolute Gasteiger partial charge is 0.323 e. The molecular weight excluding hydrogens is 242 g/mol. The van der Waals surface area contributed by atoms with Crippen molar-refractivity contribution in [2.75, 3.05) is 31.9 Å². The standard InChI is InChI=1S/C15H32NOS/c1-6-9-11-16(8-3,10-7-2)12-13-18-15(17)14(4)5/h14H,6-13H2,1-5H3/q+1. The summed E-state index contributed by atoms with van der Waals surface area (Å²) in [6.45, 7) is 15.7. The molecule has 0 spiro atoms. The Morgan fingerprint density at radius 2 is 1.72 bits per heavy atom. The van der Waals surface area contributed by atoms with Gasteiger partial charge in [0.15, 0.2) is 5.12 Å². The molecule has 0 aromatic heterocycles. The maximum Gasteiger partial charge on any atom is 0.191 e. The van der Waals surface area contributed by atoms with E-state index < -0.39 is 0 Å². The van der Waals surface area contributed by atoms with Crippen molar-refractivity contribution in [1.82, 2.24) is 0 Å². The summed E-state index contributed by atoms with van der Waals surface area (Å²) in [5.74, 6) is 1.15. The number of unbranched alkanes of at least 4 members (excludes halogenated alkanes) is 1. The molecule has 0 rings (SSSR count). The molecule has 0 aromatic rings. The average molecular weight is 274 g/mol. The summed E-state index contributed by atoms with van der Waals surface area (Å²) in [4.78, 5) is 11.6. The molecule has 1 unspecified atom stereocenters. The van der Waals surface area contributed by atoms with Gasteiger partial charge in [0.2, 0.25) is 0 Å². The highest BCUT2D eigenvalue weighted by Crippen LogP contribution is 2.16. The van der Waals surface area contributed by atoms with Crippen molar-refractivity contribution in [1.29, 1.82) is 0 Å². The molecule has 108 valence electrons. The fraction of sp³-hybridized carbons (Fsp3) is 0.933. The van der Waals surface area contributed by atoms with Gasteiger partial charge < -0.3 is 4.48 Å². The van der Waals surface area contributed by atoms with Crippen molar-refractivity contribution in [3.8, 4) is 0 Å². The van der Waals surface area contributed by atoms with Gasteiger partial charge in [-0.3, -0.25) is 4.79 Å². The Balaban J connectivity index is 4.26. The van der Waals surface area contributed by atoms with Crippen molar-refractivity contribution in [2.45, 2.75) is 53.9 Å². The minimum Gasteiger partial charge on any atom is -0.323 e. The van der Waals surface area contributed by atoms with Crippen LogP contribution in [-0.2, 0) is 4.79 Å². The molecule has 0 radical (unpaired) electrons. The van der Waals surface area contributed by atoms with Gasteiger partial charge in [-0.2, -0.15) is 0 Å². The first kappa shape index (κ1) is 18.0. The molecule has 3 heteroatoms. The van der Waals surface area contributed by atoms with E-state index in [1.54, 1.807) is 0 Å². The van der Waals surface area contributed by atoms with Crippen LogP contribution in [0.25, 0.3) is 0 Å². The number of carbonyl (C=O) groups excluding carboxylic acids is 1. The van der Waals surface area contributed by atoms with Crippen LogP contribution in [0.3, 0.4) is 0 Å². The lowest BCUT2D eigenvalue weighted by Gasteiger charge is -2.37. The summed E-state index contributed by atoms with van der Waals surface area (Å²) >= 11 is 1.53. The lowest BCUT2D eigenvalue weighted by atomic mass is 10.2. The molecule has 2 nitrogen and oxygen atoms in total. The number of hydrogen-bond donors (Lipinski definition) is 0. The molecule has 0 amide bonds. The Morgan fingerprint density at radius 1 is 1.06 bits per heavy atom. The number of quaternary nitrogens is 1. The molecule has 18 heavy (non-hydrogen) atoms. The molecule has 0 saturated carbocycles. The first-order valence-electron chi connectivity index (χ1n) is 7.53. The van der Waals surface area contributed by atoms with E-state index in [4.69, 9.17) is 0 Å². The van der Waals surface area contributed by atoms with Crippen molar-refractivity contribution >= 4 is 16.9 Å². The third-order valence-corrected chi connectivity index (χ3v) is 4.78. The second-order valence-corrected chi connectivity index (χ2v) is 6.60. The van der Waals surface area contributed by atoms with Crippen LogP contribution in [0.2, 0.25) is 0 Å². The van der Waals surface area contributed by atoms with Crippen molar-refractivity contribution < 1.29 is 9.28 Å². The van der Waals surface area contributed by atoms with E-state index in [1.165, 1.54) is 55.1 Å². The summed E-state index contributed by atoms with van der Waals surface area (Å²) in [6, 6.07) is 0. The zero-order valence-electron chi connectivity index (χ0n) is 13.0. The predicted octanol–water partition coefficient (Wildman–Crippen LogP) is 3.95.